The lowest BCUT2D eigenvalue weighted by Crippen LogP contribution is -2.26. The average Bonchev–Trinajstić information content (AvgIpc) is 2.67. The molecule has 3 nitrogen and oxygen atoms in total. The number of aliphatic hydroxyl groups is 1. The quantitative estimate of drug-likeness (QED) is 0.868. The molecule has 2 rings (SSSR count). The highest BCUT2D eigenvalue weighted by molar-refractivity contribution is 9.10. The molecule has 16 heavy (non-hydrogen) atoms. The lowest BCUT2D eigenvalue weighted by molar-refractivity contribution is 0.0592. The van der Waals surface area contributed by atoms with Crippen LogP contribution < -0.4 is 4.74 Å². The smallest absolute Gasteiger partial charge is 0.153 e. The fourth-order valence-corrected chi connectivity index (χ4v) is 2.41. The van der Waals surface area contributed by atoms with Crippen LogP contribution in [-0.2, 0) is 0 Å². The molecule has 1 saturated carbocycles. The van der Waals surface area contributed by atoms with Crippen LogP contribution in [0.3, 0.4) is 0 Å². The van der Waals surface area contributed by atoms with Crippen LogP contribution in [0.4, 0.5) is 0 Å². The number of halogens is 1. The van der Waals surface area contributed by atoms with E-state index in [1.165, 1.54) is 0 Å². The molecular formula is C12H13BrO3. The Hall–Kier alpha value is -0.870. The topological polar surface area (TPSA) is 46.5 Å². The fraction of sp³-hybridized carbons (Fsp3) is 0.417. The van der Waals surface area contributed by atoms with Gasteiger partial charge in [-0.2, -0.15) is 0 Å². The molecule has 1 aliphatic carbocycles. The molecule has 86 valence electrons. The van der Waals surface area contributed by atoms with Crippen LogP contribution in [0.2, 0.25) is 0 Å². The van der Waals surface area contributed by atoms with Crippen LogP contribution in [0.25, 0.3) is 0 Å². The molecule has 0 aromatic heterocycles. The summed E-state index contributed by atoms with van der Waals surface area (Å²) in [5, 5.41) is 9.68. The number of aldehydes is 1. The molecule has 2 unspecified atom stereocenters. The van der Waals surface area contributed by atoms with Gasteiger partial charge in [-0.3, -0.25) is 4.79 Å². The van der Waals surface area contributed by atoms with Crippen molar-refractivity contribution in [1.29, 1.82) is 0 Å². The van der Waals surface area contributed by atoms with Crippen molar-refractivity contribution in [2.45, 2.75) is 31.5 Å². The molecule has 0 radical (unpaired) electrons. The normalized spacial score (nSPS) is 24.4. The third kappa shape index (κ3) is 2.28. The van der Waals surface area contributed by atoms with Gasteiger partial charge in [0.05, 0.1) is 16.1 Å². The Balaban J connectivity index is 2.22. The molecule has 4 heteroatoms. The van der Waals surface area contributed by atoms with Gasteiger partial charge < -0.3 is 9.84 Å². The minimum atomic E-state index is -0.424. The molecule has 1 N–H and O–H groups in total. The van der Waals surface area contributed by atoms with Crippen LogP contribution in [0.5, 0.6) is 5.75 Å². The van der Waals surface area contributed by atoms with Crippen molar-refractivity contribution in [3.8, 4) is 5.75 Å². The van der Waals surface area contributed by atoms with E-state index in [0.717, 1.165) is 30.0 Å². The summed E-state index contributed by atoms with van der Waals surface area (Å²) < 4.78 is 6.46. The number of aliphatic hydroxyl groups excluding tert-OH is 1. The number of hydrogen-bond acceptors (Lipinski definition) is 3. The van der Waals surface area contributed by atoms with Gasteiger partial charge >= 0.3 is 0 Å². The lowest BCUT2D eigenvalue weighted by atomic mass is 10.2. The van der Waals surface area contributed by atoms with Gasteiger partial charge in [-0.15, -0.1) is 0 Å². The second kappa shape index (κ2) is 4.97. The molecule has 1 aromatic rings. The first-order chi connectivity index (χ1) is 7.72. The van der Waals surface area contributed by atoms with E-state index in [9.17, 15) is 9.90 Å². The molecule has 1 aromatic carbocycles. The molecule has 0 aliphatic heterocycles. The van der Waals surface area contributed by atoms with E-state index >= 15 is 0 Å². The zero-order valence-electron chi connectivity index (χ0n) is 8.73. The minimum Gasteiger partial charge on any atom is -0.486 e. The van der Waals surface area contributed by atoms with Gasteiger partial charge in [0.1, 0.15) is 11.9 Å². The number of rotatable bonds is 3. The Bertz CT molecular complexity index is 392. The molecule has 2 atom stereocenters. The molecule has 0 bridgehead atoms. The summed E-state index contributed by atoms with van der Waals surface area (Å²) in [5.74, 6) is 0.531. The highest BCUT2D eigenvalue weighted by Crippen LogP contribution is 2.32. The standard InChI is InChI=1S/C12H13BrO3/c13-9-4-1-3-8(7-14)12(9)16-11-6-2-5-10(11)15/h1,3-4,7,10-11,15H,2,5-6H2. The maximum Gasteiger partial charge on any atom is 0.153 e. The number of hydrogen-bond donors (Lipinski definition) is 1. The van der Waals surface area contributed by atoms with Crippen molar-refractivity contribution in [2.75, 3.05) is 0 Å². The summed E-state index contributed by atoms with van der Waals surface area (Å²) >= 11 is 3.35. The van der Waals surface area contributed by atoms with E-state index in [0.29, 0.717) is 11.3 Å². The third-order valence-corrected chi connectivity index (χ3v) is 3.44. The summed E-state index contributed by atoms with van der Waals surface area (Å²) in [4.78, 5) is 10.9. The zero-order chi connectivity index (χ0) is 11.5. The van der Waals surface area contributed by atoms with E-state index < -0.39 is 6.10 Å². The summed E-state index contributed by atoms with van der Waals surface area (Å²) in [6.45, 7) is 0. The lowest BCUT2D eigenvalue weighted by Gasteiger charge is -2.19. The van der Waals surface area contributed by atoms with Crippen LogP contribution in [-0.4, -0.2) is 23.6 Å². The predicted molar refractivity (Wildman–Crippen MR) is 63.8 cm³/mol. The maximum atomic E-state index is 10.9. The van der Waals surface area contributed by atoms with Gasteiger partial charge in [-0.05, 0) is 47.3 Å². The summed E-state index contributed by atoms with van der Waals surface area (Å²) in [6.07, 6.45) is 2.71. The Morgan fingerprint density at radius 2 is 2.25 bits per heavy atom. The van der Waals surface area contributed by atoms with Gasteiger partial charge in [0.15, 0.2) is 6.29 Å². The van der Waals surface area contributed by atoms with Gasteiger partial charge in [0, 0.05) is 0 Å². The van der Waals surface area contributed by atoms with Crippen LogP contribution in [0.15, 0.2) is 22.7 Å². The van der Waals surface area contributed by atoms with Crippen molar-refractivity contribution in [3.63, 3.8) is 0 Å². The Kier molecular flexibility index (Phi) is 3.61. The highest BCUT2D eigenvalue weighted by atomic mass is 79.9. The second-order valence-corrected chi connectivity index (χ2v) is 4.78. The SMILES string of the molecule is O=Cc1cccc(Br)c1OC1CCCC1O. The average molecular weight is 285 g/mol. The van der Waals surface area contributed by atoms with Crippen molar-refractivity contribution in [3.05, 3.63) is 28.2 Å². The van der Waals surface area contributed by atoms with Crippen LogP contribution in [0, 0.1) is 0 Å². The molecule has 0 heterocycles. The maximum absolute atomic E-state index is 10.9. The predicted octanol–water partition coefficient (Wildman–Crippen LogP) is 2.55. The van der Waals surface area contributed by atoms with E-state index in [2.05, 4.69) is 15.9 Å². The first-order valence-electron chi connectivity index (χ1n) is 5.31. The van der Waals surface area contributed by atoms with Gasteiger partial charge in [-0.25, -0.2) is 0 Å². The summed E-state index contributed by atoms with van der Waals surface area (Å²) in [5.41, 5.74) is 0.508. The third-order valence-electron chi connectivity index (χ3n) is 2.81. The fourth-order valence-electron chi connectivity index (χ4n) is 1.94. The number of ether oxygens (including phenoxy) is 1. The first kappa shape index (κ1) is 11.6. The molecule has 1 aliphatic rings. The number of benzene rings is 1. The largest absolute Gasteiger partial charge is 0.486 e. The number of carbonyl (C=O) groups is 1. The molecule has 0 amide bonds. The molecule has 1 fully saturated rings. The van der Waals surface area contributed by atoms with E-state index in [4.69, 9.17) is 4.74 Å². The first-order valence-corrected chi connectivity index (χ1v) is 6.10. The molecular weight excluding hydrogens is 272 g/mol. The van der Waals surface area contributed by atoms with Crippen LogP contribution in [0.1, 0.15) is 29.6 Å². The number of para-hydroxylation sites is 1. The van der Waals surface area contributed by atoms with Crippen molar-refractivity contribution in [2.24, 2.45) is 0 Å². The molecule has 0 spiro atoms. The van der Waals surface area contributed by atoms with Crippen molar-refractivity contribution >= 4 is 22.2 Å². The Morgan fingerprint density at radius 1 is 1.44 bits per heavy atom. The summed E-state index contributed by atoms with van der Waals surface area (Å²) in [6, 6.07) is 5.31. The van der Waals surface area contributed by atoms with Gasteiger partial charge in [0.25, 0.3) is 0 Å². The Morgan fingerprint density at radius 3 is 2.88 bits per heavy atom. The van der Waals surface area contributed by atoms with E-state index in [-0.39, 0.29) is 6.10 Å². The van der Waals surface area contributed by atoms with Gasteiger partial charge in [-0.1, -0.05) is 6.07 Å². The monoisotopic (exact) mass is 284 g/mol. The minimum absolute atomic E-state index is 0.197. The number of carbonyl (C=O) groups excluding carboxylic acids is 1. The Labute approximate surface area is 103 Å². The highest BCUT2D eigenvalue weighted by Gasteiger charge is 2.28. The van der Waals surface area contributed by atoms with Crippen LogP contribution >= 0.6 is 15.9 Å². The van der Waals surface area contributed by atoms with Gasteiger partial charge in [0.2, 0.25) is 0 Å². The molecule has 0 saturated heterocycles. The van der Waals surface area contributed by atoms with E-state index in [1.54, 1.807) is 12.1 Å². The van der Waals surface area contributed by atoms with Crippen molar-refractivity contribution < 1.29 is 14.6 Å². The second-order valence-electron chi connectivity index (χ2n) is 3.93. The zero-order valence-corrected chi connectivity index (χ0v) is 10.3. The van der Waals surface area contributed by atoms with E-state index in [1.807, 2.05) is 6.07 Å². The summed E-state index contributed by atoms with van der Waals surface area (Å²) in [7, 11) is 0. The van der Waals surface area contributed by atoms with Crippen molar-refractivity contribution in [1.82, 2.24) is 0 Å².